The third-order valence-electron chi connectivity index (χ3n) is 0. The molecule has 0 saturated carbocycles. The van der Waals surface area contributed by atoms with E-state index in [4.69, 9.17) is 0 Å². The first-order valence-corrected chi connectivity index (χ1v) is 0. The van der Waals surface area contributed by atoms with E-state index in [-0.39, 0.29) is 135 Å². The second kappa shape index (κ2) is 35.1. The van der Waals surface area contributed by atoms with Gasteiger partial charge in [-0.1, -0.05) is 0 Å². The molecule has 44 valence electrons. The van der Waals surface area contributed by atoms with Crippen LogP contribution in [-0.2, 0) is 50.3 Å². The van der Waals surface area contributed by atoms with Crippen LogP contribution in [-0.4, -0.2) is 40.4 Å². The Bertz CT molecular complexity index is 22.0. The molecule has 0 unspecified atom stereocenters. The fraction of sp³-hybridized carbons (Fsp3) is 0. The molecule has 0 N–H and O–H groups in total. The average molecular weight is 378 g/mol. The van der Waals surface area contributed by atoms with Crippen LogP contribution in [0.4, 0.5) is 0 Å². The Balaban J connectivity index is 0. The molecule has 0 rings (SSSR count). The summed E-state index contributed by atoms with van der Waals surface area (Å²) in [5, 5.41) is 0. The van der Waals surface area contributed by atoms with Crippen molar-refractivity contribution in [3.8, 4) is 0 Å². The van der Waals surface area contributed by atoms with E-state index in [9.17, 15) is 0 Å². The summed E-state index contributed by atoms with van der Waals surface area (Å²) >= 11 is 0. The van der Waals surface area contributed by atoms with Gasteiger partial charge in [0.2, 0.25) is 0 Å². The quantitative estimate of drug-likeness (QED) is 0.458. The fourth-order valence-corrected chi connectivity index (χ4v) is 0. The summed E-state index contributed by atoms with van der Waals surface area (Å²) in [5.41, 5.74) is 0. The van der Waals surface area contributed by atoms with Crippen molar-refractivity contribution in [2.45, 2.75) is 0 Å². The van der Waals surface area contributed by atoms with Crippen LogP contribution >= 0.6 is 0 Å². The Kier molecular flexibility index (Phi) is 286. The van der Waals surface area contributed by atoms with Crippen molar-refractivity contribution in [2.24, 2.45) is 0 Å². The molecule has 0 aliphatic rings. The van der Waals surface area contributed by atoms with Crippen LogP contribution in [0.1, 0.15) is 2.85 Å². The van der Waals surface area contributed by atoms with Crippen LogP contribution in [0.2, 0.25) is 0 Å². The normalized spacial score (nSPS) is 0. The average Bonchev–Trinajstić information content (AvgIpc) is 0. The maximum atomic E-state index is 0. The maximum absolute atomic E-state index is 0. The van der Waals surface area contributed by atoms with Gasteiger partial charge in [0.05, 0.1) is 0 Å². The first kappa shape index (κ1) is 49.0. The Hall–Kier alpha value is 4.19. The van der Waals surface area contributed by atoms with Crippen LogP contribution in [0.15, 0.2) is 0 Å². The molecule has 0 aliphatic carbocycles. The molecule has 0 aromatic rings. The van der Waals surface area contributed by atoms with E-state index in [1.54, 1.807) is 0 Å². The van der Waals surface area contributed by atoms with Gasteiger partial charge in [0.25, 0.3) is 0 Å². The van der Waals surface area contributed by atoms with Gasteiger partial charge >= 0.3 is 23.1 Å². The van der Waals surface area contributed by atoms with Crippen molar-refractivity contribution >= 4 is 40.4 Å². The smallest absolute Gasteiger partial charge is 1.00 e. The van der Waals surface area contributed by atoms with Gasteiger partial charge in [-0.3, -0.25) is 0 Å². The molecule has 0 aromatic carbocycles. The van der Waals surface area contributed by atoms with E-state index in [1.807, 2.05) is 0 Å². The summed E-state index contributed by atoms with van der Waals surface area (Å²) in [4.78, 5) is 0. The van der Waals surface area contributed by atoms with Crippen molar-refractivity contribution in [1.82, 2.24) is 0 Å². The molecular formula is H5AlCeCoCuMgNi. The molecule has 0 aliphatic heterocycles. The van der Waals surface area contributed by atoms with Gasteiger partial charge in [0.1, 0.15) is 0 Å². The summed E-state index contributed by atoms with van der Waals surface area (Å²) in [6, 6.07) is 0. The predicted molar refractivity (Wildman–Crippen MR) is 17.9 cm³/mol. The zero-order chi connectivity index (χ0) is 0. The molecule has 2 radical (unpaired) electrons. The molecule has 0 atom stereocenters. The molecule has 6 heteroatoms. The zero-order valence-electron chi connectivity index (χ0n) is 4.16. The van der Waals surface area contributed by atoms with E-state index in [0.29, 0.717) is 0 Å². The first-order valence-electron chi connectivity index (χ1n) is 0. The third-order valence-corrected chi connectivity index (χ3v) is 0. The predicted octanol–water partition coefficient (Wildman–Crippen LogP) is -1.35. The summed E-state index contributed by atoms with van der Waals surface area (Å²) in [6.45, 7) is 0. The minimum atomic E-state index is 0. The van der Waals surface area contributed by atoms with Crippen molar-refractivity contribution in [3.63, 3.8) is 0 Å². The van der Waals surface area contributed by atoms with Gasteiger partial charge in [-0.15, -0.1) is 0 Å². The molecule has 0 saturated heterocycles. The molecule has 0 spiro atoms. The van der Waals surface area contributed by atoms with Crippen LogP contribution in [0.5, 0.6) is 0 Å². The Morgan fingerprint density at radius 3 is 1.17 bits per heavy atom. The van der Waals surface area contributed by atoms with Crippen molar-refractivity contribution < 1.29 is 94.9 Å². The first-order chi connectivity index (χ1) is 0. The van der Waals surface area contributed by atoms with Gasteiger partial charge in [0, 0.05) is 92.1 Å². The Morgan fingerprint density at radius 2 is 1.17 bits per heavy atom. The SMILES string of the molecule is [AlH3].[Ce].[Co].[Cu].[H-].[H-].[Mg+2].[Ni]. The van der Waals surface area contributed by atoms with Gasteiger partial charge in [0.15, 0.2) is 17.4 Å². The summed E-state index contributed by atoms with van der Waals surface area (Å²) in [7, 11) is 0. The van der Waals surface area contributed by atoms with E-state index in [2.05, 4.69) is 0 Å². The monoisotopic (exact) mass is 376 g/mol. The second-order valence-corrected chi connectivity index (χ2v) is 0. The summed E-state index contributed by atoms with van der Waals surface area (Å²) in [5.74, 6) is 0. The molecule has 0 aromatic heterocycles. The molecule has 0 amide bonds. The Labute approximate surface area is 132 Å². The van der Waals surface area contributed by atoms with Crippen LogP contribution < -0.4 is 0 Å². The molecular weight excluding hydrogens is 373 g/mol. The largest absolute Gasteiger partial charge is 2.00 e. The number of rotatable bonds is 0. The Morgan fingerprint density at radius 1 is 1.17 bits per heavy atom. The minimum Gasteiger partial charge on any atom is -1.00 e. The fourth-order valence-electron chi connectivity index (χ4n) is 0. The van der Waals surface area contributed by atoms with Gasteiger partial charge in [-0.25, -0.2) is 0 Å². The summed E-state index contributed by atoms with van der Waals surface area (Å²) in [6.07, 6.45) is 0. The topological polar surface area (TPSA) is 0 Å². The van der Waals surface area contributed by atoms with Crippen molar-refractivity contribution in [1.29, 1.82) is 0 Å². The third kappa shape index (κ3) is 24.1. The second-order valence-electron chi connectivity index (χ2n) is 0. The zero-order valence-corrected chi connectivity index (χ0v) is 9.68. The van der Waals surface area contributed by atoms with E-state index < -0.39 is 0 Å². The van der Waals surface area contributed by atoms with Gasteiger partial charge < -0.3 is 2.85 Å². The molecule has 0 heterocycles. The number of hydrogen-bond acceptors (Lipinski definition) is 0. The van der Waals surface area contributed by atoms with E-state index in [1.165, 1.54) is 0 Å². The standard InChI is InChI=1S/Al.Ce.Co.Cu.Mg.Ni.5H/q;;;;+2;;;;;2*-1. The molecule has 0 fully saturated rings. The van der Waals surface area contributed by atoms with Crippen molar-refractivity contribution in [2.75, 3.05) is 0 Å². The minimum absolute atomic E-state index is 0. The van der Waals surface area contributed by atoms with Crippen LogP contribution in [0, 0.1) is 41.7 Å². The molecule has 0 nitrogen and oxygen atoms in total. The van der Waals surface area contributed by atoms with Gasteiger partial charge in [-0.05, 0) is 0 Å². The van der Waals surface area contributed by atoms with Gasteiger partial charge in [-0.2, -0.15) is 0 Å². The molecule has 6 heavy (non-hydrogen) atoms. The maximum Gasteiger partial charge on any atom is 2.00 e. The van der Waals surface area contributed by atoms with E-state index >= 15 is 0 Å². The van der Waals surface area contributed by atoms with Crippen molar-refractivity contribution in [3.05, 3.63) is 0 Å². The van der Waals surface area contributed by atoms with E-state index in [0.717, 1.165) is 0 Å². The number of hydrogen-bond donors (Lipinski definition) is 0. The molecule has 0 bridgehead atoms. The summed E-state index contributed by atoms with van der Waals surface area (Å²) < 4.78 is 0. The van der Waals surface area contributed by atoms with Crippen LogP contribution in [0.3, 0.4) is 0 Å². The van der Waals surface area contributed by atoms with Crippen LogP contribution in [0.25, 0.3) is 0 Å².